The standard InChI is InChI=1S/C12H8ClNO/c13-7-8-5-10-9-3-1-2-4-11(9)14-15-12(10)6-8/h1-6H,7H2. The second kappa shape index (κ2) is 3.24. The molecule has 2 nitrogen and oxygen atoms in total. The zero-order valence-corrected chi connectivity index (χ0v) is 8.66. The molecule has 0 N–H and O–H groups in total. The molecule has 1 aliphatic carbocycles. The second-order valence-corrected chi connectivity index (χ2v) is 3.74. The molecule has 0 radical (unpaired) electrons. The van der Waals surface area contributed by atoms with E-state index in [0.29, 0.717) is 5.88 Å². The van der Waals surface area contributed by atoms with Crippen molar-refractivity contribution in [1.29, 1.82) is 0 Å². The largest absolute Gasteiger partial charge is 0.356 e. The molecule has 0 saturated heterocycles. The Morgan fingerprint density at radius 2 is 2.07 bits per heavy atom. The molecular weight excluding hydrogens is 210 g/mol. The first-order valence-electron chi connectivity index (χ1n) is 4.71. The minimum absolute atomic E-state index is 0.499. The number of rotatable bonds is 1. The van der Waals surface area contributed by atoms with Crippen LogP contribution < -0.4 is 0 Å². The monoisotopic (exact) mass is 217 g/mol. The number of hydrogen-bond donors (Lipinski definition) is 0. The van der Waals surface area contributed by atoms with Crippen molar-refractivity contribution in [3.8, 4) is 11.3 Å². The summed E-state index contributed by atoms with van der Waals surface area (Å²) in [5, 5.41) is 5.15. The van der Waals surface area contributed by atoms with Gasteiger partial charge < -0.3 is 4.52 Å². The van der Waals surface area contributed by atoms with E-state index in [1.165, 1.54) is 0 Å². The molecule has 0 atom stereocenters. The Kier molecular flexibility index (Phi) is 1.89. The Bertz CT molecular complexity index is 587. The first-order chi connectivity index (χ1) is 7.38. The third-order valence-corrected chi connectivity index (χ3v) is 2.81. The van der Waals surface area contributed by atoms with E-state index < -0.39 is 0 Å². The highest BCUT2D eigenvalue weighted by atomic mass is 35.5. The fourth-order valence-electron chi connectivity index (χ4n) is 1.79. The van der Waals surface area contributed by atoms with Crippen LogP contribution in [0.4, 0.5) is 0 Å². The molecule has 0 aromatic heterocycles. The third kappa shape index (κ3) is 1.29. The lowest BCUT2D eigenvalue weighted by atomic mass is 10.1. The highest BCUT2D eigenvalue weighted by molar-refractivity contribution is 6.17. The molecule has 3 rings (SSSR count). The molecular formula is C12H8ClNO. The van der Waals surface area contributed by atoms with Gasteiger partial charge in [-0.15, -0.1) is 11.6 Å². The van der Waals surface area contributed by atoms with E-state index in [4.69, 9.17) is 16.1 Å². The lowest BCUT2D eigenvalue weighted by molar-refractivity contribution is 0.427. The summed E-state index contributed by atoms with van der Waals surface area (Å²) in [6.45, 7) is 0. The smallest absolute Gasteiger partial charge is 0.166 e. The maximum atomic E-state index is 5.79. The van der Waals surface area contributed by atoms with Gasteiger partial charge in [0.2, 0.25) is 0 Å². The van der Waals surface area contributed by atoms with Crippen molar-refractivity contribution in [2.75, 3.05) is 0 Å². The molecule has 1 aliphatic heterocycles. The van der Waals surface area contributed by atoms with Crippen LogP contribution in [0, 0.1) is 0 Å². The lowest BCUT2D eigenvalue weighted by Crippen LogP contribution is -1.81. The number of aromatic nitrogens is 1. The van der Waals surface area contributed by atoms with Gasteiger partial charge in [-0.05, 0) is 23.8 Å². The van der Waals surface area contributed by atoms with Crippen LogP contribution in [0.2, 0.25) is 0 Å². The summed E-state index contributed by atoms with van der Waals surface area (Å²) in [5.74, 6) is 1.29. The van der Waals surface area contributed by atoms with Crippen LogP contribution in [0.5, 0.6) is 0 Å². The van der Waals surface area contributed by atoms with Gasteiger partial charge in [-0.2, -0.15) is 0 Å². The Hall–Kier alpha value is -1.54. The number of nitrogens with zero attached hydrogens (tertiary/aromatic N) is 1. The Morgan fingerprint density at radius 3 is 2.93 bits per heavy atom. The van der Waals surface area contributed by atoms with E-state index in [2.05, 4.69) is 11.2 Å². The van der Waals surface area contributed by atoms with Crippen LogP contribution in [0.15, 0.2) is 40.9 Å². The van der Waals surface area contributed by atoms with Crippen molar-refractivity contribution in [2.24, 2.45) is 0 Å². The molecule has 2 aliphatic rings. The van der Waals surface area contributed by atoms with Crippen LogP contribution in [0.3, 0.4) is 0 Å². The highest BCUT2D eigenvalue weighted by Gasteiger charge is 2.13. The van der Waals surface area contributed by atoms with Gasteiger partial charge in [0.05, 0.1) is 0 Å². The molecule has 1 aromatic rings. The lowest BCUT2D eigenvalue weighted by Gasteiger charge is -2.00. The number of fused-ring (bicyclic) bond motifs is 3. The van der Waals surface area contributed by atoms with E-state index in [0.717, 1.165) is 27.8 Å². The molecule has 74 valence electrons. The Balaban J connectivity index is 2.42. The molecule has 0 fully saturated rings. The van der Waals surface area contributed by atoms with Crippen molar-refractivity contribution < 1.29 is 4.52 Å². The van der Waals surface area contributed by atoms with E-state index in [-0.39, 0.29) is 0 Å². The first kappa shape index (κ1) is 8.74. The van der Waals surface area contributed by atoms with Crippen LogP contribution >= 0.6 is 11.6 Å². The van der Waals surface area contributed by atoms with Gasteiger partial charge in [0.15, 0.2) is 5.76 Å². The molecule has 1 aromatic carbocycles. The predicted molar refractivity (Wildman–Crippen MR) is 60.2 cm³/mol. The normalized spacial score (nSPS) is 11.3. The summed E-state index contributed by atoms with van der Waals surface area (Å²) >= 11 is 5.79. The zero-order chi connectivity index (χ0) is 10.3. The maximum absolute atomic E-state index is 5.79. The molecule has 0 unspecified atom stereocenters. The fraction of sp³-hybridized carbons (Fsp3) is 0.0833. The first-order valence-corrected chi connectivity index (χ1v) is 5.25. The van der Waals surface area contributed by atoms with Gasteiger partial charge in [-0.1, -0.05) is 23.4 Å². The van der Waals surface area contributed by atoms with Gasteiger partial charge >= 0.3 is 0 Å². The van der Waals surface area contributed by atoms with Crippen molar-refractivity contribution in [1.82, 2.24) is 5.16 Å². The van der Waals surface area contributed by atoms with Crippen molar-refractivity contribution in [3.63, 3.8) is 0 Å². The van der Waals surface area contributed by atoms with Gasteiger partial charge in [0.1, 0.15) is 5.52 Å². The van der Waals surface area contributed by atoms with Crippen molar-refractivity contribution in [3.05, 3.63) is 42.0 Å². The number of alkyl halides is 1. The van der Waals surface area contributed by atoms with Gasteiger partial charge in [0, 0.05) is 16.8 Å². The van der Waals surface area contributed by atoms with E-state index in [1.54, 1.807) is 0 Å². The minimum Gasteiger partial charge on any atom is -0.356 e. The average molecular weight is 218 g/mol. The van der Waals surface area contributed by atoms with Crippen LogP contribution in [-0.2, 0) is 5.88 Å². The quantitative estimate of drug-likeness (QED) is 0.582. The summed E-state index contributed by atoms with van der Waals surface area (Å²) in [4.78, 5) is 0. The zero-order valence-electron chi connectivity index (χ0n) is 7.90. The van der Waals surface area contributed by atoms with E-state index in [9.17, 15) is 0 Å². The summed E-state index contributed by atoms with van der Waals surface area (Å²) in [7, 11) is 0. The van der Waals surface area contributed by atoms with Crippen LogP contribution in [-0.4, -0.2) is 5.16 Å². The Labute approximate surface area is 91.8 Å². The summed E-state index contributed by atoms with van der Waals surface area (Å²) in [6, 6.07) is 11.9. The van der Waals surface area contributed by atoms with Gasteiger partial charge in [0.25, 0.3) is 0 Å². The van der Waals surface area contributed by atoms with Crippen LogP contribution in [0.25, 0.3) is 22.2 Å². The average Bonchev–Trinajstić information content (AvgIpc) is 2.72. The third-order valence-electron chi connectivity index (χ3n) is 2.50. The number of halogens is 1. The highest BCUT2D eigenvalue weighted by Crippen LogP contribution is 2.32. The van der Waals surface area contributed by atoms with Gasteiger partial charge in [-0.25, -0.2) is 0 Å². The molecule has 0 saturated carbocycles. The molecule has 3 heteroatoms. The SMILES string of the molecule is ClCc1cc2onc3ccccc3c-2c1. The topological polar surface area (TPSA) is 26.0 Å². The van der Waals surface area contributed by atoms with E-state index >= 15 is 0 Å². The molecule has 15 heavy (non-hydrogen) atoms. The summed E-state index contributed by atoms with van der Waals surface area (Å²) < 4.78 is 5.30. The summed E-state index contributed by atoms with van der Waals surface area (Å²) in [5.41, 5.74) is 3.02. The van der Waals surface area contributed by atoms with Crippen molar-refractivity contribution in [2.45, 2.75) is 5.88 Å². The maximum Gasteiger partial charge on any atom is 0.166 e. The Morgan fingerprint density at radius 1 is 1.20 bits per heavy atom. The minimum atomic E-state index is 0.499. The molecule has 1 heterocycles. The molecule has 0 amide bonds. The van der Waals surface area contributed by atoms with Gasteiger partial charge in [-0.3, -0.25) is 0 Å². The predicted octanol–water partition coefficient (Wildman–Crippen LogP) is 3.67. The van der Waals surface area contributed by atoms with Crippen molar-refractivity contribution >= 4 is 22.5 Å². The number of benzene rings is 1. The van der Waals surface area contributed by atoms with Crippen LogP contribution in [0.1, 0.15) is 5.56 Å². The second-order valence-electron chi connectivity index (χ2n) is 3.47. The summed E-state index contributed by atoms with van der Waals surface area (Å²) in [6.07, 6.45) is 0. The fourth-order valence-corrected chi connectivity index (χ4v) is 1.94. The van der Waals surface area contributed by atoms with E-state index in [1.807, 2.05) is 30.3 Å². The number of hydrogen-bond acceptors (Lipinski definition) is 2. The molecule has 0 bridgehead atoms. The molecule has 0 spiro atoms.